The molecule has 4 heteroatoms. The maximum atomic E-state index is 9.32. The lowest BCUT2D eigenvalue weighted by Gasteiger charge is -2.06. The van der Waals surface area contributed by atoms with Crippen LogP contribution < -0.4 is 0 Å². The van der Waals surface area contributed by atoms with Crippen LogP contribution in [-0.2, 0) is 11.9 Å². The number of hydrogen-bond donors (Lipinski definition) is 1. The van der Waals surface area contributed by atoms with Crippen molar-refractivity contribution in [1.82, 2.24) is 0 Å². The minimum absolute atomic E-state index is 0.0364. The van der Waals surface area contributed by atoms with Crippen molar-refractivity contribution in [3.05, 3.63) is 33.7 Å². The van der Waals surface area contributed by atoms with Crippen LogP contribution in [-0.4, -0.2) is 5.11 Å². The van der Waals surface area contributed by atoms with Gasteiger partial charge in [-0.1, -0.05) is 33.6 Å². The molecule has 0 atom stereocenters. The molecule has 0 aliphatic heterocycles. The van der Waals surface area contributed by atoms with Crippen LogP contribution in [0.4, 0.5) is 0 Å². The average Bonchev–Trinajstić information content (AvgIpc) is 2.59. The third-order valence-corrected chi connectivity index (χ3v) is 4.18. The number of halogens is 2. The number of hydrogen-bond acceptors (Lipinski definition) is 2. The normalized spacial score (nSPS) is 11.1. The molecule has 0 bridgehead atoms. The van der Waals surface area contributed by atoms with Gasteiger partial charge in [0, 0.05) is 20.8 Å². The zero-order chi connectivity index (χ0) is 10.1. The van der Waals surface area contributed by atoms with Gasteiger partial charge in [0.2, 0.25) is 0 Å². The maximum Gasteiger partial charge on any atom is 0.0691 e. The Hall–Kier alpha value is -0.0900. The van der Waals surface area contributed by atoms with E-state index in [9.17, 15) is 5.11 Å². The van der Waals surface area contributed by atoms with E-state index in [2.05, 4.69) is 15.9 Å². The summed E-state index contributed by atoms with van der Waals surface area (Å²) in [5.74, 6) is 0. The lowest BCUT2D eigenvalue weighted by molar-refractivity contribution is 0.282. The van der Waals surface area contributed by atoms with Gasteiger partial charge < -0.3 is 5.11 Å². The fourth-order valence-electron chi connectivity index (χ4n) is 1.51. The number of thiophene rings is 1. The number of alkyl halides is 1. The van der Waals surface area contributed by atoms with Crippen molar-refractivity contribution >= 4 is 49.0 Å². The molecule has 0 spiro atoms. The van der Waals surface area contributed by atoms with E-state index in [0.29, 0.717) is 0 Å². The predicted octanol–water partition coefficient (Wildman–Crippen LogP) is 3.94. The standard InChI is InChI=1S/C10H8BrClOS/c11-3-6-1-2-9-10(7(6)4-13)8(12)5-14-9/h1-2,5,13H,3-4H2. The summed E-state index contributed by atoms with van der Waals surface area (Å²) in [5, 5.41) is 13.7. The summed E-state index contributed by atoms with van der Waals surface area (Å²) in [7, 11) is 0. The third-order valence-electron chi connectivity index (χ3n) is 2.20. The van der Waals surface area contributed by atoms with Crippen LogP contribution in [0.2, 0.25) is 5.02 Å². The van der Waals surface area contributed by atoms with E-state index >= 15 is 0 Å². The van der Waals surface area contributed by atoms with Crippen molar-refractivity contribution in [3.8, 4) is 0 Å². The first-order valence-electron chi connectivity index (χ1n) is 4.12. The molecule has 2 rings (SSSR count). The molecule has 1 heterocycles. The Bertz CT molecular complexity index is 466. The second kappa shape index (κ2) is 4.19. The SMILES string of the molecule is OCc1c(CBr)ccc2scc(Cl)c12. The fraction of sp³-hybridized carbons (Fsp3) is 0.200. The molecule has 1 N–H and O–H groups in total. The predicted molar refractivity (Wildman–Crippen MR) is 65.4 cm³/mol. The number of rotatable bonds is 2. The highest BCUT2D eigenvalue weighted by molar-refractivity contribution is 9.08. The summed E-state index contributed by atoms with van der Waals surface area (Å²) in [5.41, 5.74) is 2.03. The van der Waals surface area contributed by atoms with E-state index in [1.54, 1.807) is 11.3 Å². The number of fused-ring (bicyclic) bond motifs is 1. The van der Waals surface area contributed by atoms with Gasteiger partial charge in [-0.25, -0.2) is 0 Å². The van der Waals surface area contributed by atoms with Gasteiger partial charge in [-0.05, 0) is 17.2 Å². The molecule has 0 amide bonds. The molecule has 0 saturated heterocycles. The van der Waals surface area contributed by atoms with E-state index in [1.807, 2.05) is 17.5 Å². The molecule has 0 aliphatic carbocycles. The van der Waals surface area contributed by atoms with Crippen molar-refractivity contribution in [3.63, 3.8) is 0 Å². The maximum absolute atomic E-state index is 9.32. The Labute approximate surface area is 99.4 Å². The Morgan fingerprint density at radius 2 is 2.21 bits per heavy atom. The summed E-state index contributed by atoms with van der Waals surface area (Å²) >= 11 is 11.1. The van der Waals surface area contributed by atoms with Gasteiger partial charge in [0.25, 0.3) is 0 Å². The Morgan fingerprint density at radius 3 is 2.86 bits per heavy atom. The van der Waals surface area contributed by atoms with Crippen LogP contribution in [0.1, 0.15) is 11.1 Å². The summed E-state index contributed by atoms with van der Waals surface area (Å²) in [6.45, 7) is 0.0364. The van der Waals surface area contributed by atoms with Gasteiger partial charge >= 0.3 is 0 Å². The summed E-state index contributed by atoms with van der Waals surface area (Å²) in [4.78, 5) is 0. The van der Waals surface area contributed by atoms with Crippen molar-refractivity contribution in [2.45, 2.75) is 11.9 Å². The number of aliphatic hydroxyl groups excluding tert-OH is 1. The van der Waals surface area contributed by atoms with Crippen molar-refractivity contribution in [1.29, 1.82) is 0 Å². The van der Waals surface area contributed by atoms with Gasteiger partial charge in [-0.15, -0.1) is 11.3 Å². The first-order valence-corrected chi connectivity index (χ1v) is 6.50. The molecular weight excluding hydrogens is 284 g/mol. The minimum Gasteiger partial charge on any atom is -0.392 e. The van der Waals surface area contributed by atoms with Gasteiger partial charge in [-0.2, -0.15) is 0 Å². The van der Waals surface area contributed by atoms with Crippen LogP contribution in [0.5, 0.6) is 0 Å². The van der Waals surface area contributed by atoms with Crippen LogP contribution in [0.25, 0.3) is 10.1 Å². The van der Waals surface area contributed by atoms with Gasteiger partial charge in [0.15, 0.2) is 0 Å². The first-order chi connectivity index (χ1) is 6.77. The van der Waals surface area contributed by atoms with Crippen LogP contribution >= 0.6 is 38.9 Å². The smallest absolute Gasteiger partial charge is 0.0691 e. The molecule has 74 valence electrons. The summed E-state index contributed by atoms with van der Waals surface area (Å²) in [6.07, 6.45) is 0. The highest BCUT2D eigenvalue weighted by Gasteiger charge is 2.10. The molecule has 0 fully saturated rings. The molecule has 0 saturated carbocycles. The molecule has 0 aliphatic rings. The van der Waals surface area contributed by atoms with Crippen molar-refractivity contribution in [2.75, 3.05) is 0 Å². The third kappa shape index (κ3) is 1.58. The monoisotopic (exact) mass is 290 g/mol. The van der Waals surface area contributed by atoms with E-state index in [-0.39, 0.29) is 6.61 Å². The second-order valence-electron chi connectivity index (χ2n) is 2.95. The molecule has 14 heavy (non-hydrogen) atoms. The number of benzene rings is 1. The second-order valence-corrected chi connectivity index (χ2v) is 4.83. The van der Waals surface area contributed by atoms with Crippen LogP contribution in [0.3, 0.4) is 0 Å². The van der Waals surface area contributed by atoms with Crippen LogP contribution in [0.15, 0.2) is 17.5 Å². The quantitative estimate of drug-likeness (QED) is 0.831. The Kier molecular flexibility index (Phi) is 3.12. The highest BCUT2D eigenvalue weighted by Crippen LogP contribution is 2.34. The summed E-state index contributed by atoms with van der Waals surface area (Å²) in [6, 6.07) is 4.07. The van der Waals surface area contributed by atoms with E-state index in [0.717, 1.165) is 31.6 Å². The largest absolute Gasteiger partial charge is 0.392 e. The van der Waals surface area contributed by atoms with Gasteiger partial charge in [0.05, 0.1) is 11.6 Å². The molecular formula is C10H8BrClOS. The van der Waals surface area contributed by atoms with Crippen molar-refractivity contribution < 1.29 is 5.11 Å². The van der Waals surface area contributed by atoms with E-state index in [4.69, 9.17) is 11.6 Å². The lowest BCUT2D eigenvalue weighted by Crippen LogP contribution is -1.91. The minimum atomic E-state index is 0.0364. The first kappa shape index (κ1) is 10.4. The molecule has 1 aromatic carbocycles. The number of aliphatic hydroxyl groups is 1. The zero-order valence-electron chi connectivity index (χ0n) is 7.26. The molecule has 0 unspecified atom stereocenters. The molecule has 0 radical (unpaired) electrons. The Morgan fingerprint density at radius 1 is 1.43 bits per heavy atom. The van der Waals surface area contributed by atoms with Gasteiger partial charge in [-0.3, -0.25) is 0 Å². The van der Waals surface area contributed by atoms with E-state index < -0.39 is 0 Å². The average molecular weight is 292 g/mol. The Balaban J connectivity index is 2.81. The highest BCUT2D eigenvalue weighted by atomic mass is 79.9. The van der Waals surface area contributed by atoms with Crippen molar-refractivity contribution in [2.24, 2.45) is 0 Å². The topological polar surface area (TPSA) is 20.2 Å². The zero-order valence-corrected chi connectivity index (χ0v) is 10.4. The van der Waals surface area contributed by atoms with Gasteiger partial charge in [0.1, 0.15) is 0 Å². The van der Waals surface area contributed by atoms with Crippen LogP contribution in [0, 0.1) is 0 Å². The lowest BCUT2D eigenvalue weighted by atomic mass is 10.1. The molecule has 2 aromatic rings. The van der Waals surface area contributed by atoms with E-state index in [1.165, 1.54) is 0 Å². The molecule has 1 aromatic heterocycles. The fourth-order valence-corrected chi connectivity index (χ4v) is 3.29. The summed E-state index contributed by atoms with van der Waals surface area (Å²) < 4.78 is 1.13. The molecule has 1 nitrogen and oxygen atoms in total.